The van der Waals surface area contributed by atoms with Crippen LogP contribution in [0.15, 0.2) is 47.8 Å². The highest BCUT2D eigenvalue weighted by atomic mass is 32.1. The number of halogens is 6. The summed E-state index contributed by atoms with van der Waals surface area (Å²) >= 11 is 8.18. The van der Waals surface area contributed by atoms with Crippen LogP contribution in [-0.2, 0) is 0 Å². The average molecular weight is 787 g/mol. The van der Waals surface area contributed by atoms with Gasteiger partial charge in [0.1, 0.15) is 0 Å². The molecule has 0 aliphatic carbocycles. The first-order chi connectivity index (χ1) is 23.6. The van der Waals surface area contributed by atoms with E-state index < -0.39 is 24.2 Å². The number of hydrogen-bond acceptors (Lipinski definition) is 8. The monoisotopic (exact) mass is 786 g/mol. The predicted molar refractivity (Wildman–Crippen MR) is 194 cm³/mol. The molecule has 0 bridgehead atoms. The summed E-state index contributed by atoms with van der Waals surface area (Å²) in [4.78, 5) is 11.4. The fraction of sp³-hybridized carbons (Fsp3) is 0.176. The largest absolute Gasteiger partial charge is 0.395 e. The van der Waals surface area contributed by atoms with E-state index in [1.54, 1.807) is 12.1 Å². The van der Waals surface area contributed by atoms with E-state index in [0.717, 1.165) is 74.8 Å². The maximum atomic E-state index is 13.7. The first kappa shape index (κ1) is 35.6. The standard InChI is InChI=1S/C34H16F6N4S6/c1-15(33(35,36)37)19-7-23(45-21(19)5-17(13-41)43-3)25-9-27-29(47-25)11-31(49-27)32-12-30-28(50-32)10-26(48-30)24-8-20(16(2)34(38,39)40)22(46-24)6-18(14-42)44-4/h5-12,15-16H,1-2H3/b17-5-,18-6+. The summed E-state index contributed by atoms with van der Waals surface area (Å²) < 4.78 is 85.8. The molecular formula is C34H16F6N4S6. The van der Waals surface area contributed by atoms with Gasteiger partial charge >= 0.3 is 12.4 Å². The third kappa shape index (κ3) is 6.88. The Bertz CT molecular complexity index is 2250. The molecule has 6 heterocycles. The van der Waals surface area contributed by atoms with Gasteiger partial charge in [-0.25, -0.2) is 20.2 Å². The molecule has 0 aliphatic heterocycles. The smallest absolute Gasteiger partial charge is 0.227 e. The molecule has 4 nitrogen and oxygen atoms in total. The molecule has 0 radical (unpaired) electrons. The highest BCUT2D eigenvalue weighted by Gasteiger charge is 2.40. The van der Waals surface area contributed by atoms with Crippen molar-refractivity contribution in [1.82, 2.24) is 0 Å². The van der Waals surface area contributed by atoms with Gasteiger partial charge in [-0.3, -0.25) is 0 Å². The van der Waals surface area contributed by atoms with E-state index in [9.17, 15) is 36.9 Å². The van der Waals surface area contributed by atoms with E-state index in [1.165, 1.54) is 69.6 Å². The van der Waals surface area contributed by atoms with Gasteiger partial charge in [0, 0.05) is 57.8 Å². The zero-order valence-corrected chi connectivity index (χ0v) is 30.2. The third-order valence-electron chi connectivity index (χ3n) is 7.65. The van der Waals surface area contributed by atoms with Crippen molar-refractivity contribution in [3.05, 3.63) is 91.5 Å². The van der Waals surface area contributed by atoms with Crippen molar-refractivity contribution in [2.45, 2.75) is 38.0 Å². The first-order valence-electron chi connectivity index (χ1n) is 14.1. The molecule has 50 heavy (non-hydrogen) atoms. The highest BCUT2D eigenvalue weighted by molar-refractivity contribution is 7.36. The topological polar surface area (TPSA) is 56.3 Å². The number of alkyl halides is 6. The van der Waals surface area contributed by atoms with Crippen LogP contribution in [0, 0.1) is 35.8 Å². The minimum atomic E-state index is -4.49. The lowest BCUT2D eigenvalue weighted by Crippen LogP contribution is -2.17. The first-order valence-corrected chi connectivity index (χ1v) is 19.0. The fourth-order valence-electron chi connectivity index (χ4n) is 4.92. The normalized spacial score (nSPS) is 14.0. The van der Waals surface area contributed by atoms with E-state index in [4.69, 9.17) is 13.1 Å². The van der Waals surface area contributed by atoms with Crippen LogP contribution in [0.25, 0.3) is 69.9 Å². The quantitative estimate of drug-likeness (QED) is 0.0919. The second kappa shape index (κ2) is 13.5. The number of nitriles is 2. The van der Waals surface area contributed by atoms with Crippen molar-refractivity contribution in [3.8, 4) is 41.4 Å². The molecule has 250 valence electrons. The highest BCUT2D eigenvalue weighted by Crippen LogP contribution is 2.51. The predicted octanol–water partition coefficient (Wildman–Crippen LogP) is 14.3. The van der Waals surface area contributed by atoms with Crippen molar-refractivity contribution >= 4 is 99.0 Å². The molecule has 6 aromatic rings. The van der Waals surface area contributed by atoms with Gasteiger partial charge in [0.25, 0.3) is 11.4 Å². The van der Waals surface area contributed by atoms with Crippen LogP contribution in [0.4, 0.5) is 26.3 Å². The van der Waals surface area contributed by atoms with Crippen LogP contribution >= 0.6 is 68.0 Å². The maximum Gasteiger partial charge on any atom is 0.395 e. The summed E-state index contributed by atoms with van der Waals surface area (Å²) in [5.74, 6) is -3.56. The SMILES string of the molecule is [C-]#[N+]/C(C#N)=C\c1sc(-c2cc3sc(-c4cc5sc(-c6cc(C(C)C(F)(F)F)c(/C=C(\C#N)[N+]#[C-])s6)cc5s4)cc3s2)cc1C(C)C(F)(F)F. The molecule has 2 unspecified atom stereocenters. The van der Waals surface area contributed by atoms with Crippen molar-refractivity contribution in [1.29, 1.82) is 10.5 Å². The van der Waals surface area contributed by atoms with E-state index in [2.05, 4.69) is 9.69 Å². The number of allylic oxidation sites excluding steroid dienone is 2. The molecule has 0 fully saturated rings. The zero-order valence-electron chi connectivity index (χ0n) is 25.3. The molecule has 0 aliphatic rings. The Balaban J connectivity index is 1.31. The van der Waals surface area contributed by atoms with Crippen LogP contribution in [0.3, 0.4) is 0 Å². The van der Waals surface area contributed by atoms with Crippen LogP contribution < -0.4 is 0 Å². The molecule has 16 heteroatoms. The number of hydrogen-bond donors (Lipinski definition) is 0. The van der Waals surface area contributed by atoms with Crippen LogP contribution in [0.2, 0.25) is 0 Å². The molecule has 6 rings (SSSR count). The Morgan fingerprint density at radius 3 is 1.10 bits per heavy atom. The molecule has 0 saturated carbocycles. The molecule has 0 N–H and O–H groups in total. The Hall–Kier alpha value is -4.26. The lowest BCUT2D eigenvalue weighted by atomic mass is 10.0. The summed E-state index contributed by atoms with van der Waals surface area (Å²) in [6.45, 7) is 16.4. The Labute approximate surface area is 305 Å². The minimum absolute atomic E-state index is 0.0148. The van der Waals surface area contributed by atoms with Gasteiger partial charge < -0.3 is 0 Å². The summed E-state index contributed by atoms with van der Waals surface area (Å²) in [6.07, 6.45) is -6.58. The molecule has 2 atom stereocenters. The van der Waals surface area contributed by atoms with E-state index in [-0.39, 0.29) is 32.3 Å². The van der Waals surface area contributed by atoms with Crippen molar-refractivity contribution in [2.75, 3.05) is 0 Å². The van der Waals surface area contributed by atoms with Gasteiger partial charge in [-0.1, -0.05) is 0 Å². The van der Waals surface area contributed by atoms with Gasteiger partial charge in [-0.2, -0.15) is 26.3 Å². The summed E-state index contributed by atoms with van der Waals surface area (Å²) in [5, 5.41) is 18.4. The van der Waals surface area contributed by atoms with Gasteiger partial charge in [-0.15, -0.1) is 68.0 Å². The number of fused-ring (bicyclic) bond motifs is 2. The fourth-order valence-corrected chi connectivity index (χ4v) is 12.3. The summed E-state index contributed by atoms with van der Waals surface area (Å²) in [7, 11) is 0. The Morgan fingerprint density at radius 1 is 0.580 bits per heavy atom. The van der Waals surface area contributed by atoms with E-state index in [1.807, 2.05) is 24.3 Å². The molecule has 0 spiro atoms. The molecule has 6 aromatic heterocycles. The lowest BCUT2D eigenvalue weighted by Gasteiger charge is -2.15. The minimum Gasteiger partial charge on any atom is -0.227 e. The summed E-state index contributed by atoms with van der Waals surface area (Å²) in [6, 6.07) is 14.3. The van der Waals surface area contributed by atoms with Crippen LogP contribution in [0.5, 0.6) is 0 Å². The van der Waals surface area contributed by atoms with Crippen LogP contribution in [-0.4, -0.2) is 12.4 Å². The van der Waals surface area contributed by atoms with Crippen molar-refractivity contribution < 1.29 is 26.3 Å². The Morgan fingerprint density at radius 2 is 0.860 bits per heavy atom. The lowest BCUT2D eigenvalue weighted by molar-refractivity contribution is -0.147. The third-order valence-corrected chi connectivity index (χ3v) is 15.0. The van der Waals surface area contributed by atoms with E-state index in [0.29, 0.717) is 9.75 Å². The Kier molecular flexibility index (Phi) is 9.57. The average Bonchev–Trinajstić information content (AvgIpc) is 3.89. The molecule has 0 aromatic carbocycles. The summed E-state index contributed by atoms with van der Waals surface area (Å²) in [5.41, 5.74) is -0.558. The molecule has 0 saturated heterocycles. The van der Waals surface area contributed by atoms with Gasteiger partial charge in [0.2, 0.25) is 0 Å². The van der Waals surface area contributed by atoms with Crippen molar-refractivity contribution in [3.63, 3.8) is 0 Å². The van der Waals surface area contributed by atoms with Gasteiger partial charge in [0.15, 0.2) is 0 Å². The number of nitrogens with zero attached hydrogens (tertiary/aromatic N) is 4. The maximum absolute atomic E-state index is 13.7. The molecule has 0 amide bonds. The number of thiophene rings is 6. The van der Waals surface area contributed by atoms with Gasteiger partial charge in [-0.05, 0) is 73.5 Å². The van der Waals surface area contributed by atoms with Crippen LogP contribution in [0.1, 0.15) is 46.6 Å². The van der Waals surface area contributed by atoms with Gasteiger partial charge in [0.05, 0.1) is 37.1 Å². The second-order valence-corrected chi connectivity index (χ2v) is 17.3. The van der Waals surface area contributed by atoms with Crippen molar-refractivity contribution in [2.24, 2.45) is 0 Å². The van der Waals surface area contributed by atoms with E-state index >= 15 is 0 Å². The number of rotatable bonds is 7. The second-order valence-electron chi connectivity index (χ2n) is 10.8. The zero-order chi connectivity index (χ0) is 36.1. The molecular weight excluding hydrogens is 771 g/mol.